The van der Waals surface area contributed by atoms with Crippen molar-refractivity contribution in [2.75, 3.05) is 13.1 Å². The SMILES string of the molecule is O=C(c1cc2nccc(Cl)c2s1)N1CC(O)[C@@H](O)C1. The van der Waals surface area contributed by atoms with E-state index in [1.807, 2.05) is 0 Å². The van der Waals surface area contributed by atoms with Crippen molar-refractivity contribution in [3.63, 3.8) is 0 Å². The summed E-state index contributed by atoms with van der Waals surface area (Å²) in [6.07, 6.45) is -0.158. The molecule has 1 saturated heterocycles. The maximum absolute atomic E-state index is 12.3. The molecular formula is C12H11ClN2O3S. The van der Waals surface area contributed by atoms with Crippen LogP contribution in [-0.2, 0) is 0 Å². The molecule has 7 heteroatoms. The lowest BCUT2D eigenvalue weighted by atomic mass is 10.3. The molecule has 0 aromatic carbocycles. The zero-order valence-electron chi connectivity index (χ0n) is 9.78. The Kier molecular flexibility index (Phi) is 3.18. The third-order valence-corrected chi connectivity index (χ3v) is 4.69. The topological polar surface area (TPSA) is 73.7 Å². The zero-order valence-corrected chi connectivity index (χ0v) is 11.4. The molecule has 19 heavy (non-hydrogen) atoms. The van der Waals surface area contributed by atoms with E-state index < -0.39 is 12.2 Å². The lowest BCUT2D eigenvalue weighted by molar-refractivity contribution is 0.0572. The summed E-state index contributed by atoms with van der Waals surface area (Å²) in [5.74, 6) is -0.213. The van der Waals surface area contributed by atoms with Crippen molar-refractivity contribution in [2.24, 2.45) is 0 Å². The van der Waals surface area contributed by atoms with Crippen molar-refractivity contribution in [1.29, 1.82) is 0 Å². The van der Waals surface area contributed by atoms with Gasteiger partial charge in [-0.3, -0.25) is 9.78 Å². The van der Waals surface area contributed by atoms with Gasteiger partial charge in [0.15, 0.2) is 0 Å². The van der Waals surface area contributed by atoms with Gasteiger partial charge in [-0.25, -0.2) is 0 Å². The van der Waals surface area contributed by atoms with Crippen molar-refractivity contribution in [2.45, 2.75) is 12.2 Å². The Hall–Kier alpha value is -1.21. The maximum atomic E-state index is 12.3. The first-order chi connectivity index (χ1) is 9.06. The van der Waals surface area contributed by atoms with Gasteiger partial charge in [0, 0.05) is 19.3 Å². The van der Waals surface area contributed by atoms with Crippen LogP contribution in [0.25, 0.3) is 10.2 Å². The molecule has 2 N–H and O–H groups in total. The minimum atomic E-state index is -0.875. The number of aromatic nitrogens is 1. The highest BCUT2D eigenvalue weighted by Crippen LogP contribution is 2.31. The number of carbonyl (C=O) groups is 1. The molecule has 2 atom stereocenters. The van der Waals surface area contributed by atoms with Crippen LogP contribution >= 0.6 is 22.9 Å². The minimum Gasteiger partial charge on any atom is -0.388 e. The maximum Gasteiger partial charge on any atom is 0.264 e. The smallest absolute Gasteiger partial charge is 0.264 e. The standard InChI is InChI=1S/C12H11ClN2O3S/c13-6-1-2-14-7-3-10(19-11(6)7)12(18)15-4-8(16)9(17)5-15/h1-3,8-9,16-17H,4-5H2/t8-,9?/m0/s1. The molecule has 100 valence electrons. The lowest BCUT2D eigenvalue weighted by Crippen LogP contribution is -2.29. The van der Waals surface area contributed by atoms with Crippen LogP contribution in [0.3, 0.4) is 0 Å². The van der Waals surface area contributed by atoms with Gasteiger partial charge >= 0.3 is 0 Å². The fraction of sp³-hybridized carbons (Fsp3) is 0.333. The van der Waals surface area contributed by atoms with Crippen molar-refractivity contribution >= 4 is 39.1 Å². The number of aliphatic hydroxyl groups excluding tert-OH is 2. The Morgan fingerprint density at radius 2 is 2.11 bits per heavy atom. The number of hydrogen-bond donors (Lipinski definition) is 2. The van der Waals surface area contributed by atoms with Crippen molar-refractivity contribution < 1.29 is 15.0 Å². The summed E-state index contributed by atoms with van der Waals surface area (Å²) < 4.78 is 0.771. The van der Waals surface area contributed by atoms with Crippen LogP contribution in [0.15, 0.2) is 18.3 Å². The Balaban J connectivity index is 1.92. The highest BCUT2D eigenvalue weighted by Gasteiger charge is 2.33. The molecule has 3 rings (SSSR count). The first kappa shape index (κ1) is 12.8. The summed E-state index contributed by atoms with van der Waals surface area (Å²) in [5.41, 5.74) is 0.682. The molecule has 1 amide bonds. The van der Waals surface area contributed by atoms with E-state index in [1.54, 1.807) is 18.3 Å². The molecule has 1 aliphatic heterocycles. The molecule has 0 aliphatic carbocycles. The quantitative estimate of drug-likeness (QED) is 0.828. The van der Waals surface area contributed by atoms with Gasteiger partial charge < -0.3 is 15.1 Å². The predicted molar refractivity (Wildman–Crippen MR) is 72.5 cm³/mol. The molecule has 0 bridgehead atoms. The third kappa shape index (κ3) is 2.21. The minimum absolute atomic E-state index is 0.148. The van der Waals surface area contributed by atoms with Crippen LogP contribution in [0.5, 0.6) is 0 Å². The number of hydrogen-bond acceptors (Lipinski definition) is 5. The van der Waals surface area contributed by atoms with E-state index in [9.17, 15) is 15.0 Å². The summed E-state index contributed by atoms with van der Waals surface area (Å²) in [6.45, 7) is 0.296. The second-order valence-electron chi connectivity index (χ2n) is 4.46. The Morgan fingerprint density at radius 3 is 2.74 bits per heavy atom. The predicted octanol–water partition coefficient (Wildman–Crippen LogP) is 1.13. The van der Waals surface area contributed by atoms with Crippen LogP contribution in [0.1, 0.15) is 9.67 Å². The highest BCUT2D eigenvalue weighted by molar-refractivity contribution is 7.21. The van der Waals surface area contributed by atoms with E-state index in [2.05, 4.69) is 4.98 Å². The summed E-state index contributed by atoms with van der Waals surface area (Å²) in [6, 6.07) is 3.36. The van der Waals surface area contributed by atoms with Gasteiger partial charge in [0.05, 0.1) is 32.3 Å². The number of likely N-dealkylation sites (tertiary alicyclic amines) is 1. The van der Waals surface area contributed by atoms with Gasteiger partial charge in [-0.2, -0.15) is 0 Å². The number of amides is 1. The van der Waals surface area contributed by atoms with Crippen molar-refractivity contribution in [3.05, 3.63) is 28.2 Å². The molecule has 0 spiro atoms. The molecule has 0 saturated carbocycles. The molecule has 3 heterocycles. The second-order valence-corrected chi connectivity index (χ2v) is 5.92. The van der Waals surface area contributed by atoms with Gasteiger partial charge in [-0.1, -0.05) is 11.6 Å². The van der Waals surface area contributed by atoms with Crippen LogP contribution in [0.2, 0.25) is 5.02 Å². The van der Waals surface area contributed by atoms with E-state index in [4.69, 9.17) is 11.6 Å². The number of pyridine rings is 1. The van der Waals surface area contributed by atoms with Gasteiger partial charge in [0.2, 0.25) is 0 Å². The van der Waals surface area contributed by atoms with E-state index >= 15 is 0 Å². The summed E-state index contributed by atoms with van der Waals surface area (Å²) in [7, 11) is 0. The number of nitrogens with zero attached hydrogens (tertiary/aromatic N) is 2. The Bertz CT molecular complexity index is 635. The third-order valence-electron chi connectivity index (χ3n) is 3.12. The number of fused-ring (bicyclic) bond motifs is 1. The number of carbonyl (C=O) groups excluding carboxylic acids is 1. The Morgan fingerprint density at radius 1 is 1.42 bits per heavy atom. The highest BCUT2D eigenvalue weighted by atomic mass is 35.5. The van der Waals surface area contributed by atoms with E-state index in [-0.39, 0.29) is 19.0 Å². The largest absolute Gasteiger partial charge is 0.388 e. The van der Waals surface area contributed by atoms with Crippen LogP contribution < -0.4 is 0 Å². The fourth-order valence-electron chi connectivity index (χ4n) is 2.10. The monoisotopic (exact) mass is 298 g/mol. The molecule has 1 fully saturated rings. The van der Waals surface area contributed by atoms with Gasteiger partial charge in [0.1, 0.15) is 0 Å². The number of aliphatic hydroxyl groups is 2. The lowest BCUT2D eigenvalue weighted by Gasteiger charge is -2.13. The van der Waals surface area contributed by atoms with E-state index in [0.29, 0.717) is 15.4 Å². The fourth-order valence-corrected chi connectivity index (χ4v) is 3.36. The molecule has 0 radical (unpaired) electrons. The number of rotatable bonds is 1. The zero-order chi connectivity index (χ0) is 13.6. The van der Waals surface area contributed by atoms with Gasteiger partial charge in [0.25, 0.3) is 5.91 Å². The average Bonchev–Trinajstić information content (AvgIpc) is 2.94. The van der Waals surface area contributed by atoms with Crippen molar-refractivity contribution in [3.8, 4) is 0 Å². The summed E-state index contributed by atoms with van der Waals surface area (Å²) in [5, 5.41) is 19.5. The van der Waals surface area contributed by atoms with Gasteiger partial charge in [-0.05, 0) is 12.1 Å². The number of β-amino-alcohol motifs (C(OH)–C–C–N with tert-alkyl or cyclic N) is 2. The summed E-state index contributed by atoms with van der Waals surface area (Å²) >= 11 is 7.32. The second kappa shape index (κ2) is 4.72. The van der Waals surface area contributed by atoms with E-state index in [1.165, 1.54) is 16.2 Å². The van der Waals surface area contributed by atoms with Crippen LogP contribution in [0.4, 0.5) is 0 Å². The van der Waals surface area contributed by atoms with Crippen LogP contribution in [-0.4, -0.2) is 51.3 Å². The number of thiophene rings is 1. The average molecular weight is 299 g/mol. The van der Waals surface area contributed by atoms with E-state index in [0.717, 1.165) is 4.70 Å². The molecule has 2 aromatic rings. The molecule has 2 aromatic heterocycles. The molecule has 1 unspecified atom stereocenters. The molecular weight excluding hydrogens is 288 g/mol. The molecule has 1 aliphatic rings. The molecule has 5 nitrogen and oxygen atoms in total. The normalized spacial score (nSPS) is 23.2. The summed E-state index contributed by atoms with van der Waals surface area (Å²) in [4.78, 5) is 18.4. The van der Waals surface area contributed by atoms with Gasteiger partial charge in [-0.15, -0.1) is 11.3 Å². The number of halogens is 1. The first-order valence-corrected chi connectivity index (χ1v) is 6.95. The van der Waals surface area contributed by atoms with Crippen molar-refractivity contribution in [1.82, 2.24) is 9.88 Å². The first-order valence-electron chi connectivity index (χ1n) is 5.75. The van der Waals surface area contributed by atoms with Crippen LogP contribution in [0, 0.1) is 0 Å². The Labute approximate surface area is 118 Å².